The Morgan fingerprint density at radius 2 is 2.12 bits per heavy atom. The average molecular weight is 219 g/mol. The number of nitrogens with two attached hydrogens (primary N) is 1. The summed E-state index contributed by atoms with van der Waals surface area (Å²) in [6.45, 7) is 6.53. The fourth-order valence-corrected chi connectivity index (χ4v) is 2.28. The van der Waals surface area contributed by atoms with E-state index >= 15 is 0 Å². The first-order valence-electron chi connectivity index (χ1n) is 6.19. The Labute approximate surface area is 97.7 Å². The summed E-state index contributed by atoms with van der Waals surface area (Å²) in [5.74, 6) is 1.11. The van der Waals surface area contributed by atoms with Gasteiger partial charge in [-0.15, -0.1) is 0 Å². The van der Waals surface area contributed by atoms with E-state index in [-0.39, 0.29) is 6.04 Å². The number of hydrogen-bond acceptors (Lipinski definition) is 3. The number of aryl methyl sites for hydroxylation is 1. The first-order valence-corrected chi connectivity index (χ1v) is 6.19. The van der Waals surface area contributed by atoms with Crippen LogP contribution in [0.3, 0.4) is 0 Å². The van der Waals surface area contributed by atoms with Gasteiger partial charge in [0.15, 0.2) is 0 Å². The molecule has 0 spiro atoms. The van der Waals surface area contributed by atoms with Crippen molar-refractivity contribution in [3.63, 3.8) is 0 Å². The van der Waals surface area contributed by atoms with E-state index in [1.54, 1.807) is 0 Å². The average Bonchev–Trinajstić information content (AvgIpc) is 2.81. The first kappa shape index (κ1) is 11.4. The molecule has 2 heterocycles. The van der Waals surface area contributed by atoms with E-state index in [1.807, 2.05) is 6.20 Å². The number of anilines is 1. The Morgan fingerprint density at radius 1 is 1.44 bits per heavy atom. The Hall–Kier alpha value is -1.09. The van der Waals surface area contributed by atoms with Crippen LogP contribution in [0.25, 0.3) is 0 Å². The van der Waals surface area contributed by atoms with E-state index in [2.05, 4.69) is 29.8 Å². The lowest BCUT2D eigenvalue weighted by atomic mass is 10.0. The molecular weight excluding hydrogens is 198 g/mol. The van der Waals surface area contributed by atoms with Gasteiger partial charge in [0.1, 0.15) is 5.82 Å². The number of nitrogens with zero attached hydrogens (tertiary/aromatic N) is 2. The molecule has 2 rings (SSSR count). The fraction of sp³-hybridized carbons (Fsp3) is 0.615. The summed E-state index contributed by atoms with van der Waals surface area (Å²) in [6.07, 6.45) is 5.50. The highest BCUT2D eigenvalue weighted by Crippen LogP contribution is 2.23. The van der Waals surface area contributed by atoms with Crippen LogP contribution in [0.2, 0.25) is 0 Å². The minimum absolute atomic E-state index is 0.125. The van der Waals surface area contributed by atoms with Crippen LogP contribution in [0, 0.1) is 6.92 Å². The molecule has 0 bridgehead atoms. The lowest BCUT2D eigenvalue weighted by Gasteiger charge is -2.19. The van der Waals surface area contributed by atoms with E-state index in [4.69, 9.17) is 5.73 Å². The van der Waals surface area contributed by atoms with Crippen molar-refractivity contribution in [2.45, 2.75) is 39.2 Å². The van der Waals surface area contributed by atoms with Crippen molar-refractivity contribution in [3.05, 3.63) is 23.4 Å². The Kier molecular flexibility index (Phi) is 3.44. The van der Waals surface area contributed by atoms with E-state index < -0.39 is 0 Å². The quantitative estimate of drug-likeness (QED) is 0.848. The Balaban J connectivity index is 2.21. The van der Waals surface area contributed by atoms with E-state index in [1.165, 1.54) is 24.0 Å². The zero-order valence-electron chi connectivity index (χ0n) is 10.2. The third-order valence-corrected chi connectivity index (χ3v) is 3.41. The summed E-state index contributed by atoms with van der Waals surface area (Å²) in [4.78, 5) is 6.89. The summed E-state index contributed by atoms with van der Waals surface area (Å²) in [5, 5.41) is 0. The van der Waals surface area contributed by atoms with Gasteiger partial charge in [-0.25, -0.2) is 4.98 Å². The van der Waals surface area contributed by atoms with Crippen LogP contribution in [0.5, 0.6) is 0 Å². The molecule has 0 saturated carbocycles. The van der Waals surface area contributed by atoms with E-state index in [0.29, 0.717) is 0 Å². The van der Waals surface area contributed by atoms with Gasteiger partial charge in [0.05, 0.1) is 0 Å². The van der Waals surface area contributed by atoms with Crippen LogP contribution < -0.4 is 10.6 Å². The van der Waals surface area contributed by atoms with Gasteiger partial charge < -0.3 is 10.6 Å². The second-order valence-corrected chi connectivity index (χ2v) is 4.61. The van der Waals surface area contributed by atoms with E-state index in [9.17, 15) is 0 Å². The SMILES string of the molecule is CCC(N)c1cnc(N2CCCC2)cc1C. The van der Waals surface area contributed by atoms with Crippen LogP contribution in [0.1, 0.15) is 43.4 Å². The normalized spacial score (nSPS) is 17.8. The van der Waals surface area contributed by atoms with Crippen LogP contribution in [-0.2, 0) is 0 Å². The molecule has 1 aliphatic heterocycles. The van der Waals surface area contributed by atoms with Gasteiger partial charge in [-0.2, -0.15) is 0 Å². The smallest absolute Gasteiger partial charge is 0.128 e. The molecule has 1 aromatic heterocycles. The number of hydrogen-bond donors (Lipinski definition) is 1. The van der Waals surface area contributed by atoms with Crippen molar-refractivity contribution in [2.24, 2.45) is 5.73 Å². The van der Waals surface area contributed by atoms with Crippen molar-refractivity contribution >= 4 is 5.82 Å². The second kappa shape index (κ2) is 4.83. The molecule has 3 heteroatoms. The highest BCUT2D eigenvalue weighted by molar-refractivity contribution is 5.44. The topological polar surface area (TPSA) is 42.1 Å². The molecule has 1 saturated heterocycles. The Morgan fingerprint density at radius 3 is 2.69 bits per heavy atom. The van der Waals surface area contributed by atoms with Gasteiger partial charge in [0.2, 0.25) is 0 Å². The lowest BCUT2D eigenvalue weighted by Crippen LogP contribution is -2.20. The number of rotatable bonds is 3. The van der Waals surface area contributed by atoms with Crippen molar-refractivity contribution in [3.8, 4) is 0 Å². The van der Waals surface area contributed by atoms with Gasteiger partial charge in [-0.3, -0.25) is 0 Å². The standard InChI is InChI=1S/C13H21N3/c1-3-12(14)11-9-15-13(8-10(11)2)16-6-4-5-7-16/h8-9,12H,3-7,14H2,1-2H3. The molecule has 88 valence electrons. The summed E-state index contributed by atoms with van der Waals surface area (Å²) >= 11 is 0. The summed E-state index contributed by atoms with van der Waals surface area (Å²) in [5.41, 5.74) is 8.50. The maximum Gasteiger partial charge on any atom is 0.128 e. The molecule has 2 N–H and O–H groups in total. The van der Waals surface area contributed by atoms with Gasteiger partial charge in [0.25, 0.3) is 0 Å². The largest absolute Gasteiger partial charge is 0.357 e. The van der Waals surface area contributed by atoms with Gasteiger partial charge in [-0.1, -0.05) is 6.92 Å². The molecule has 16 heavy (non-hydrogen) atoms. The zero-order valence-corrected chi connectivity index (χ0v) is 10.2. The van der Waals surface area contributed by atoms with Crippen molar-refractivity contribution < 1.29 is 0 Å². The van der Waals surface area contributed by atoms with Crippen LogP contribution >= 0.6 is 0 Å². The molecule has 0 amide bonds. The zero-order chi connectivity index (χ0) is 11.5. The maximum atomic E-state index is 6.05. The molecule has 1 fully saturated rings. The van der Waals surface area contributed by atoms with Gasteiger partial charge in [-0.05, 0) is 43.4 Å². The predicted octanol–water partition coefficient (Wildman–Crippen LogP) is 2.40. The molecule has 3 nitrogen and oxygen atoms in total. The lowest BCUT2D eigenvalue weighted by molar-refractivity contribution is 0.689. The Bertz CT molecular complexity index is 356. The predicted molar refractivity (Wildman–Crippen MR) is 67.6 cm³/mol. The maximum absolute atomic E-state index is 6.05. The molecule has 1 unspecified atom stereocenters. The molecule has 1 atom stereocenters. The van der Waals surface area contributed by atoms with Crippen LogP contribution in [-0.4, -0.2) is 18.1 Å². The van der Waals surface area contributed by atoms with Gasteiger partial charge in [0, 0.05) is 25.3 Å². The third-order valence-electron chi connectivity index (χ3n) is 3.41. The van der Waals surface area contributed by atoms with Crippen molar-refractivity contribution in [1.82, 2.24) is 4.98 Å². The van der Waals surface area contributed by atoms with Gasteiger partial charge >= 0.3 is 0 Å². The molecule has 1 aromatic rings. The summed E-state index contributed by atoms with van der Waals surface area (Å²) < 4.78 is 0. The second-order valence-electron chi connectivity index (χ2n) is 4.61. The molecule has 0 aromatic carbocycles. The molecule has 1 aliphatic rings. The highest BCUT2D eigenvalue weighted by Gasteiger charge is 2.15. The summed E-state index contributed by atoms with van der Waals surface area (Å²) in [7, 11) is 0. The van der Waals surface area contributed by atoms with Crippen LogP contribution in [0.15, 0.2) is 12.3 Å². The minimum Gasteiger partial charge on any atom is -0.357 e. The third kappa shape index (κ3) is 2.19. The van der Waals surface area contributed by atoms with E-state index in [0.717, 1.165) is 25.3 Å². The summed E-state index contributed by atoms with van der Waals surface area (Å²) in [6, 6.07) is 2.30. The molecule has 0 radical (unpaired) electrons. The monoisotopic (exact) mass is 219 g/mol. The van der Waals surface area contributed by atoms with Crippen molar-refractivity contribution in [2.75, 3.05) is 18.0 Å². The fourth-order valence-electron chi connectivity index (χ4n) is 2.28. The van der Waals surface area contributed by atoms with Crippen molar-refractivity contribution in [1.29, 1.82) is 0 Å². The first-order chi connectivity index (χ1) is 7.72. The molecule has 0 aliphatic carbocycles. The number of aromatic nitrogens is 1. The minimum atomic E-state index is 0.125. The highest BCUT2D eigenvalue weighted by atomic mass is 15.2. The number of pyridine rings is 1. The van der Waals surface area contributed by atoms with Crippen LogP contribution in [0.4, 0.5) is 5.82 Å². The molecular formula is C13H21N3.